The van der Waals surface area contributed by atoms with E-state index in [1.807, 2.05) is 12.1 Å². The van der Waals surface area contributed by atoms with Crippen molar-refractivity contribution in [2.75, 3.05) is 11.9 Å². The Hall–Kier alpha value is -1.68. The molecule has 0 bridgehead atoms. The van der Waals surface area contributed by atoms with Crippen molar-refractivity contribution < 1.29 is 4.74 Å². The topological polar surface area (TPSA) is 98.8 Å². The van der Waals surface area contributed by atoms with Crippen LogP contribution >= 0.6 is 27.3 Å². The number of thiophene rings is 1. The van der Waals surface area contributed by atoms with Crippen molar-refractivity contribution >= 4 is 43.3 Å². The van der Waals surface area contributed by atoms with Crippen molar-refractivity contribution in [1.82, 2.24) is 20.4 Å². The summed E-state index contributed by atoms with van der Waals surface area (Å²) < 4.78 is 7.64. The highest BCUT2D eigenvalue weighted by molar-refractivity contribution is 9.10. The summed E-state index contributed by atoms with van der Waals surface area (Å²) in [5.41, 5.74) is 8.17. The Bertz CT molecular complexity index is 886. The lowest BCUT2D eigenvalue weighted by molar-refractivity contribution is 0.107. The van der Waals surface area contributed by atoms with Gasteiger partial charge in [0.25, 0.3) is 0 Å². The quantitative estimate of drug-likeness (QED) is 0.561. The van der Waals surface area contributed by atoms with E-state index in [0.717, 1.165) is 50.2 Å². The summed E-state index contributed by atoms with van der Waals surface area (Å²) >= 11 is 5.29. The first-order valence-electron chi connectivity index (χ1n) is 8.51. The maximum Gasteiger partial charge on any atom is 0.170 e. The highest BCUT2D eigenvalue weighted by Crippen LogP contribution is 2.37. The summed E-state index contributed by atoms with van der Waals surface area (Å²) in [5.74, 6) is 0.728. The van der Waals surface area contributed by atoms with Crippen molar-refractivity contribution in [3.8, 4) is 0 Å². The number of rotatable bonds is 8. The molecule has 0 spiro atoms. The third kappa shape index (κ3) is 4.17. The third-order valence-corrected chi connectivity index (χ3v) is 6.45. The first-order chi connectivity index (χ1) is 12.7. The molecule has 0 unspecified atom stereocenters. The van der Waals surface area contributed by atoms with Crippen LogP contribution < -0.4 is 11.1 Å². The molecule has 3 heterocycles. The van der Waals surface area contributed by atoms with E-state index in [4.69, 9.17) is 10.5 Å². The highest BCUT2D eigenvalue weighted by atomic mass is 79.9. The molecule has 1 aliphatic rings. The Morgan fingerprint density at radius 3 is 2.88 bits per heavy atom. The van der Waals surface area contributed by atoms with Gasteiger partial charge >= 0.3 is 0 Å². The summed E-state index contributed by atoms with van der Waals surface area (Å²) in [4.78, 5) is 5.17. The number of hydrogen-bond donors (Lipinski definition) is 2. The summed E-state index contributed by atoms with van der Waals surface area (Å²) in [7, 11) is 0. The van der Waals surface area contributed by atoms with Crippen molar-refractivity contribution in [2.24, 2.45) is 5.73 Å². The number of fused-ring (bicyclic) bond motifs is 1. The summed E-state index contributed by atoms with van der Waals surface area (Å²) in [5, 5.41) is 15.6. The minimum absolute atomic E-state index is 0.0332. The highest BCUT2D eigenvalue weighted by Gasteiger charge is 2.24. The van der Waals surface area contributed by atoms with Crippen LogP contribution in [0.15, 0.2) is 29.0 Å². The Kier molecular flexibility index (Phi) is 5.39. The van der Waals surface area contributed by atoms with E-state index in [-0.39, 0.29) is 6.04 Å². The maximum absolute atomic E-state index is 6.23. The van der Waals surface area contributed by atoms with Crippen LogP contribution in [0, 0.1) is 0 Å². The monoisotopic (exact) mass is 434 g/mol. The molecule has 1 fully saturated rings. The lowest BCUT2D eigenvalue weighted by atomic mass is 10.2. The van der Waals surface area contributed by atoms with Crippen LogP contribution in [0.5, 0.6) is 0 Å². The minimum Gasteiger partial charge on any atom is -0.377 e. The summed E-state index contributed by atoms with van der Waals surface area (Å²) in [6, 6.07) is 3.90. The van der Waals surface area contributed by atoms with Gasteiger partial charge in [0.05, 0.1) is 17.2 Å². The SMILES string of the molecule is N[C@@H](COC1CC1)Cc1sc2c(NCc3ccncc3)nnnc2c1Br. The first-order valence-corrected chi connectivity index (χ1v) is 10.1. The van der Waals surface area contributed by atoms with E-state index in [9.17, 15) is 0 Å². The number of aromatic nitrogens is 4. The second-order valence-electron chi connectivity index (χ2n) is 6.36. The van der Waals surface area contributed by atoms with E-state index in [2.05, 4.69) is 41.6 Å². The van der Waals surface area contributed by atoms with Gasteiger partial charge in [0.2, 0.25) is 0 Å². The Morgan fingerprint density at radius 2 is 2.12 bits per heavy atom. The lowest BCUT2D eigenvalue weighted by Crippen LogP contribution is -2.28. The predicted molar refractivity (Wildman–Crippen MR) is 105 cm³/mol. The van der Waals surface area contributed by atoms with Gasteiger partial charge < -0.3 is 15.8 Å². The molecule has 9 heteroatoms. The second-order valence-corrected chi connectivity index (χ2v) is 8.26. The van der Waals surface area contributed by atoms with Gasteiger partial charge in [0.1, 0.15) is 10.2 Å². The molecule has 1 saturated carbocycles. The third-order valence-electron chi connectivity index (χ3n) is 4.12. The number of nitrogens with one attached hydrogen (secondary N) is 1. The van der Waals surface area contributed by atoms with Crippen LogP contribution in [0.1, 0.15) is 23.3 Å². The number of halogens is 1. The molecule has 1 atom stereocenters. The Morgan fingerprint density at radius 1 is 1.31 bits per heavy atom. The minimum atomic E-state index is -0.0332. The van der Waals surface area contributed by atoms with Gasteiger partial charge in [-0.25, -0.2) is 0 Å². The molecule has 3 aromatic rings. The van der Waals surface area contributed by atoms with Gasteiger partial charge in [0, 0.05) is 36.3 Å². The average molecular weight is 435 g/mol. The van der Waals surface area contributed by atoms with Crippen LogP contribution in [0.4, 0.5) is 5.82 Å². The molecule has 0 saturated heterocycles. The van der Waals surface area contributed by atoms with Gasteiger partial charge in [-0.15, -0.1) is 21.5 Å². The van der Waals surface area contributed by atoms with Crippen LogP contribution in [0.25, 0.3) is 10.2 Å². The fourth-order valence-corrected chi connectivity index (χ4v) is 4.57. The largest absolute Gasteiger partial charge is 0.377 e. The van der Waals surface area contributed by atoms with Crippen LogP contribution in [-0.2, 0) is 17.7 Å². The molecule has 0 radical (unpaired) electrons. The number of anilines is 1. The molecule has 26 heavy (non-hydrogen) atoms. The predicted octanol–water partition coefficient (Wildman–Crippen LogP) is 2.90. The number of nitrogens with two attached hydrogens (primary N) is 1. The number of ether oxygens (including phenoxy) is 1. The first kappa shape index (κ1) is 17.7. The van der Waals surface area contributed by atoms with Gasteiger partial charge in [-0.3, -0.25) is 4.98 Å². The van der Waals surface area contributed by atoms with E-state index >= 15 is 0 Å². The molecule has 7 nitrogen and oxygen atoms in total. The molecular weight excluding hydrogens is 416 g/mol. The van der Waals surface area contributed by atoms with E-state index in [1.54, 1.807) is 23.7 Å². The fraction of sp³-hybridized carbons (Fsp3) is 0.412. The zero-order valence-electron chi connectivity index (χ0n) is 14.1. The molecule has 0 aromatic carbocycles. The normalized spacial score (nSPS) is 15.3. The molecular formula is C17H19BrN6OS. The fourth-order valence-electron chi connectivity index (χ4n) is 2.58. The molecule has 0 aliphatic heterocycles. The number of nitrogens with zero attached hydrogens (tertiary/aromatic N) is 4. The molecule has 1 aliphatic carbocycles. The number of hydrogen-bond acceptors (Lipinski definition) is 8. The standard InChI is InChI=1S/C17H19BrN6OS/c18-14-13(7-11(19)9-25-12-1-2-12)26-16-15(14)22-24-23-17(16)21-8-10-3-5-20-6-4-10/h3-6,11-12H,1-2,7-9,19H2,(H,21,22,23)/t11-/m1/s1. The van der Waals surface area contributed by atoms with Crippen molar-refractivity contribution in [2.45, 2.75) is 38.0 Å². The zero-order valence-corrected chi connectivity index (χ0v) is 16.5. The van der Waals surface area contributed by atoms with Crippen molar-refractivity contribution in [3.63, 3.8) is 0 Å². The maximum atomic E-state index is 6.23. The Labute approximate surface area is 163 Å². The van der Waals surface area contributed by atoms with Gasteiger partial charge in [0.15, 0.2) is 5.82 Å². The molecule has 0 amide bonds. The average Bonchev–Trinajstić information content (AvgIpc) is 3.44. The van der Waals surface area contributed by atoms with Crippen molar-refractivity contribution in [1.29, 1.82) is 0 Å². The smallest absolute Gasteiger partial charge is 0.170 e. The number of pyridine rings is 1. The summed E-state index contributed by atoms with van der Waals surface area (Å²) in [6.45, 7) is 1.23. The zero-order chi connectivity index (χ0) is 17.9. The molecule has 3 aromatic heterocycles. The van der Waals surface area contributed by atoms with Gasteiger partial charge in [-0.2, -0.15) is 0 Å². The van der Waals surface area contributed by atoms with Crippen LogP contribution in [0.2, 0.25) is 0 Å². The van der Waals surface area contributed by atoms with E-state index in [1.165, 1.54) is 0 Å². The molecule has 3 N–H and O–H groups in total. The van der Waals surface area contributed by atoms with Gasteiger partial charge in [-0.1, -0.05) is 0 Å². The van der Waals surface area contributed by atoms with E-state index in [0.29, 0.717) is 19.3 Å². The van der Waals surface area contributed by atoms with Gasteiger partial charge in [-0.05, 0) is 51.7 Å². The van der Waals surface area contributed by atoms with E-state index < -0.39 is 0 Å². The van der Waals surface area contributed by atoms with Crippen molar-refractivity contribution in [3.05, 3.63) is 39.4 Å². The van der Waals surface area contributed by atoms with Crippen LogP contribution in [-0.4, -0.2) is 39.1 Å². The summed E-state index contributed by atoms with van der Waals surface area (Å²) in [6.07, 6.45) is 7.02. The molecule has 4 rings (SSSR count). The Balaban J connectivity index is 1.49. The lowest BCUT2D eigenvalue weighted by Gasteiger charge is -2.10. The van der Waals surface area contributed by atoms with Crippen LogP contribution in [0.3, 0.4) is 0 Å². The second kappa shape index (κ2) is 7.91. The molecule has 136 valence electrons.